The van der Waals surface area contributed by atoms with Crippen molar-refractivity contribution in [1.82, 2.24) is 0 Å². The quantitative estimate of drug-likeness (QED) is 0.451. The molecule has 0 bridgehead atoms. The minimum Gasteiger partial charge on any atom is -0.398 e. The molecule has 148 valence electrons. The van der Waals surface area contributed by atoms with E-state index in [-0.39, 0.29) is 0 Å². The maximum Gasteiger partial charge on any atom is 0.0396 e. The topological polar surface area (TPSA) is 52.0 Å². The summed E-state index contributed by atoms with van der Waals surface area (Å²) in [5.41, 5.74) is 22.5. The van der Waals surface area contributed by atoms with Crippen LogP contribution in [-0.2, 0) is 29.4 Å². The van der Waals surface area contributed by atoms with Crippen molar-refractivity contribution in [3.63, 3.8) is 0 Å². The van der Waals surface area contributed by atoms with E-state index in [9.17, 15) is 0 Å². The number of rotatable bonds is 10. The SMILES string of the molecule is CSCc1cc(Cc2cc(CSC)c(N)c(CSC)c2)cc(CSC)c1N. The van der Waals surface area contributed by atoms with Gasteiger partial charge in [0.15, 0.2) is 0 Å². The molecule has 0 aliphatic carbocycles. The second kappa shape index (κ2) is 11.4. The molecule has 0 aliphatic rings. The van der Waals surface area contributed by atoms with Crippen LogP contribution in [0.25, 0.3) is 0 Å². The van der Waals surface area contributed by atoms with Crippen molar-refractivity contribution in [2.45, 2.75) is 29.4 Å². The monoisotopic (exact) mass is 438 g/mol. The molecular weight excluding hydrogens is 409 g/mol. The summed E-state index contributed by atoms with van der Waals surface area (Å²) in [7, 11) is 0. The molecule has 0 heterocycles. The minimum absolute atomic E-state index is 0.923. The molecule has 27 heavy (non-hydrogen) atoms. The summed E-state index contributed by atoms with van der Waals surface area (Å²) in [5.74, 6) is 3.83. The van der Waals surface area contributed by atoms with E-state index >= 15 is 0 Å². The molecule has 0 spiro atoms. The summed E-state index contributed by atoms with van der Waals surface area (Å²) in [4.78, 5) is 0. The van der Waals surface area contributed by atoms with Gasteiger partial charge >= 0.3 is 0 Å². The number of anilines is 2. The predicted molar refractivity (Wildman–Crippen MR) is 133 cm³/mol. The molecule has 6 heteroatoms. The lowest BCUT2D eigenvalue weighted by Gasteiger charge is -2.16. The van der Waals surface area contributed by atoms with Gasteiger partial charge in [-0.05, 0) is 64.8 Å². The van der Waals surface area contributed by atoms with E-state index in [0.29, 0.717) is 0 Å². The van der Waals surface area contributed by atoms with Gasteiger partial charge in [-0.3, -0.25) is 0 Å². The molecular formula is C21H30N2S4. The van der Waals surface area contributed by atoms with Crippen LogP contribution >= 0.6 is 47.0 Å². The fraction of sp³-hybridized carbons (Fsp3) is 0.429. The van der Waals surface area contributed by atoms with Crippen LogP contribution in [0.4, 0.5) is 11.4 Å². The summed E-state index contributed by atoms with van der Waals surface area (Å²) in [5, 5.41) is 0. The van der Waals surface area contributed by atoms with E-state index in [4.69, 9.17) is 11.5 Å². The fourth-order valence-electron chi connectivity index (χ4n) is 3.24. The van der Waals surface area contributed by atoms with Gasteiger partial charge in [0.2, 0.25) is 0 Å². The lowest BCUT2D eigenvalue weighted by molar-refractivity contribution is 1.14. The Morgan fingerprint density at radius 2 is 0.815 bits per heavy atom. The second-order valence-corrected chi connectivity index (χ2v) is 10.0. The molecule has 0 saturated heterocycles. The third kappa shape index (κ3) is 6.21. The van der Waals surface area contributed by atoms with Crippen molar-refractivity contribution in [2.24, 2.45) is 0 Å². The lowest BCUT2D eigenvalue weighted by atomic mass is 9.96. The van der Waals surface area contributed by atoms with Crippen molar-refractivity contribution < 1.29 is 0 Å². The average Bonchev–Trinajstić information content (AvgIpc) is 2.63. The zero-order valence-corrected chi connectivity index (χ0v) is 19.9. The highest BCUT2D eigenvalue weighted by Crippen LogP contribution is 2.30. The Balaban J connectivity index is 2.42. The minimum atomic E-state index is 0.923. The molecule has 0 saturated carbocycles. The van der Waals surface area contributed by atoms with Crippen LogP contribution in [0.5, 0.6) is 0 Å². The Bertz CT molecular complexity index is 644. The first-order valence-electron chi connectivity index (χ1n) is 8.80. The fourth-order valence-corrected chi connectivity index (χ4v) is 5.44. The van der Waals surface area contributed by atoms with Gasteiger partial charge in [-0.2, -0.15) is 47.0 Å². The standard InChI is InChI=1S/C21H30N2S4/c1-24-10-16-6-14(7-17(11-25-2)20(16)22)5-15-8-18(12-26-3)21(23)19(9-15)13-27-4/h6-9H,5,10-13,22-23H2,1-4H3. The number of benzene rings is 2. The van der Waals surface area contributed by atoms with Gasteiger partial charge < -0.3 is 11.5 Å². The van der Waals surface area contributed by atoms with Gasteiger partial charge in [0.05, 0.1) is 0 Å². The van der Waals surface area contributed by atoms with Gasteiger partial charge in [0.1, 0.15) is 0 Å². The van der Waals surface area contributed by atoms with Gasteiger partial charge in [0.25, 0.3) is 0 Å². The molecule has 0 unspecified atom stereocenters. The highest BCUT2D eigenvalue weighted by Gasteiger charge is 2.12. The largest absolute Gasteiger partial charge is 0.398 e. The molecule has 0 radical (unpaired) electrons. The molecule has 0 aromatic heterocycles. The summed E-state index contributed by atoms with van der Waals surface area (Å²) in [6, 6.07) is 9.14. The first-order chi connectivity index (χ1) is 13.0. The Hall–Kier alpha value is -0.560. The zero-order chi connectivity index (χ0) is 19.8. The highest BCUT2D eigenvalue weighted by molar-refractivity contribution is 7.98. The third-order valence-electron chi connectivity index (χ3n) is 4.43. The van der Waals surface area contributed by atoms with E-state index < -0.39 is 0 Å². The van der Waals surface area contributed by atoms with Crippen LogP contribution in [0.2, 0.25) is 0 Å². The Morgan fingerprint density at radius 1 is 0.556 bits per heavy atom. The molecule has 0 atom stereocenters. The zero-order valence-electron chi connectivity index (χ0n) is 16.6. The molecule has 4 N–H and O–H groups in total. The maximum atomic E-state index is 6.42. The number of nitrogen functional groups attached to an aromatic ring is 2. The Labute approximate surface area is 181 Å². The number of thioether (sulfide) groups is 4. The lowest BCUT2D eigenvalue weighted by Crippen LogP contribution is -2.04. The molecule has 0 fully saturated rings. The van der Waals surface area contributed by atoms with Crippen LogP contribution < -0.4 is 11.5 Å². The molecule has 2 aromatic carbocycles. The van der Waals surface area contributed by atoms with Gasteiger partial charge in [0, 0.05) is 34.4 Å². The molecule has 2 aromatic rings. The highest BCUT2D eigenvalue weighted by atomic mass is 32.2. The molecule has 0 aliphatic heterocycles. The van der Waals surface area contributed by atoms with Crippen LogP contribution in [-0.4, -0.2) is 25.0 Å². The van der Waals surface area contributed by atoms with E-state index in [1.807, 2.05) is 47.0 Å². The number of nitrogens with two attached hydrogens (primary N) is 2. The summed E-state index contributed by atoms with van der Waals surface area (Å²) in [6.45, 7) is 0. The van der Waals surface area contributed by atoms with Gasteiger partial charge in [-0.15, -0.1) is 0 Å². The van der Waals surface area contributed by atoms with E-state index in [0.717, 1.165) is 40.8 Å². The van der Waals surface area contributed by atoms with Crippen molar-refractivity contribution in [3.8, 4) is 0 Å². The van der Waals surface area contributed by atoms with E-state index in [1.54, 1.807) is 0 Å². The first-order valence-corrected chi connectivity index (χ1v) is 14.4. The maximum absolute atomic E-state index is 6.42. The van der Waals surface area contributed by atoms with Crippen LogP contribution in [0, 0.1) is 0 Å². The Morgan fingerprint density at radius 3 is 1.04 bits per heavy atom. The predicted octanol–water partition coefficient (Wildman–Crippen LogP) is 5.89. The smallest absolute Gasteiger partial charge is 0.0396 e. The first kappa shape index (κ1) is 22.7. The Kier molecular flexibility index (Phi) is 9.63. The van der Waals surface area contributed by atoms with Crippen LogP contribution in [0.1, 0.15) is 33.4 Å². The average molecular weight is 439 g/mol. The van der Waals surface area contributed by atoms with Gasteiger partial charge in [-0.25, -0.2) is 0 Å². The van der Waals surface area contributed by atoms with Crippen molar-refractivity contribution >= 4 is 58.4 Å². The molecule has 2 nitrogen and oxygen atoms in total. The summed E-state index contributed by atoms with van der Waals surface area (Å²) < 4.78 is 0. The van der Waals surface area contributed by atoms with Crippen LogP contribution in [0.3, 0.4) is 0 Å². The summed E-state index contributed by atoms with van der Waals surface area (Å²) >= 11 is 7.29. The van der Waals surface area contributed by atoms with Crippen molar-refractivity contribution in [1.29, 1.82) is 0 Å². The normalized spacial score (nSPS) is 11.1. The number of hydrogen-bond acceptors (Lipinski definition) is 6. The number of hydrogen-bond donors (Lipinski definition) is 2. The van der Waals surface area contributed by atoms with Crippen molar-refractivity contribution in [3.05, 3.63) is 57.6 Å². The second-order valence-electron chi connectivity index (χ2n) is 6.56. The van der Waals surface area contributed by atoms with E-state index in [2.05, 4.69) is 49.3 Å². The van der Waals surface area contributed by atoms with Crippen LogP contribution in [0.15, 0.2) is 24.3 Å². The molecule has 2 rings (SSSR count). The third-order valence-corrected chi connectivity index (χ3v) is 6.83. The summed E-state index contributed by atoms with van der Waals surface area (Å²) in [6.07, 6.45) is 9.44. The molecule has 0 amide bonds. The van der Waals surface area contributed by atoms with Crippen molar-refractivity contribution in [2.75, 3.05) is 36.5 Å². The van der Waals surface area contributed by atoms with E-state index in [1.165, 1.54) is 33.4 Å². The van der Waals surface area contributed by atoms with Gasteiger partial charge in [-0.1, -0.05) is 24.3 Å².